The molecule has 1 fully saturated rings. The summed E-state index contributed by atoms with van der Waals surface area (Å²) in [5, 5.41) is 7.99. The van der Waals surface area contributed by atoms with Crippen LogP contribution >= 0.6 is 0 Å². The van der Waals surface area contributed by atoms with Crippen LogP contribution in [0.1, 0.15) is 18.4 Å². The first kappa shape index (κ1) is 19.0. The molecule has 2 amide bonds. The van der Waals surface area contributed by atoms with Crippen molar-refractivity contribution in [2.75, 3.05) is 13.1 Å². The molecule has 0 bridgehead atoms. The van der Waals surface area contributed by atoms with Gasteiger partial charge in [0.25, 0.3) is 0 Å². The number of hydrogen-bond acceptors (Lipinski definition) is 4. The number of sulfonamides is 1. The zero-order valence-electron chi connectivity index (χ0n) is 13.8. The van der Waals surface area contributed by atoms with Gasteiger partial charge < -0.3 is 10.0 Å². The standard InChI is InChI=1S/C17H22N2O5S/c1-2-15(12-13-6-4-3-5-7-13)25(23,24)18-16(20)14-8-10-19(11-9-14)17(21)22/h2-7,14-15H,1,8-12H2,(H,18,20)(H,21,22). The number of rotatable bonds is 6. The van der Waals surface area contributed by atoms with E-state index in [0.717, 1.165) is 5.56 Å². The lowest BCUT2D eigenvalue weighted by Gasteiger charge is -2.29. The number of carbonyl (C=O) groups is 2. The molecule has 1 aromatic carbocycles. The van der Waals surface area contributed by atoms with Crippen LogP contribution in [0.2, 0.25) is 0 Å². The van der Waals surface area contributed by atoms with Crippen LogP contribution in [0.25, 0.3) is 0 Å². The Kier molecular flexibility index (Phi) is 6.19. The Morgan fingerprint density at radius 2 is 1.88 bits per heavy atom. The van der Waals surface area contributed by atoms with Gasteiger partial charge in [-0.15, -0.1) is 6.58 Å². The van der Waals surface area contributed by atoms with Gasteiger partial charge in [0.15, 0.2) is 0 Å². The Morgan fingerprint density at radius 1 is 1.28 bits per heavy atom. The highest BCUT2D eigenvalue weighted by molar-refractivity contribution is 7.90. The summed E-state index contributed by atoms with van der Waals surface area (Å²) in [5.41, 5.74) is 0.833. The molecule has 25 heavy (non-hydrogen) atoms. The van der Waals surface area contributed by atoms with Crippen molar-refractivity contribution in [2.45, 2.75) is 24.5 Å². The molecule has 0 radical (unpaired) electrons. The van der Waals surface area contributed by atoms with Crippen LogP contribution in [-0.2, 0) is 21.2 Å². The van der Waals surface area contributed by atoms with Crippen LogP contribution in [0.15, 0.2) is 43.0 Å². The van der Waals surface area contributed by atoms with Crippen molar-refractivity contribution in [2.24, 2.45) is 5.92 Å². The largest absolute Gasteiger partial charge is 0.465 e. The summed E-state index contributed by atoms with van der Waals surface area (Å²) in [6, 6.07) is 9.10. The van der Waals surface area contributed by atoms with Crippen LogP contribution < -0.4 is 4.72 Å². The van der Waals surface area contributed by atoms with Crippen LogP contribution in [0.4, 0.5) is 4.79 Å². The lowest BCUT2D eigenvalue weighted by molar-refractivity contribution is -0.124. The lowest BCUT2D eigenvalue weighted by atomic mass is 9.97. The molecule has 1 atom stereocenters. The number of nitrogens with one attached hydrogen (secondary N) is 1. The first-order valence-corrected chi connectivity index (χ1v) is 9.58. The highest BCUT2D eigenvalue weighted by Gasteiger charge is 2.31. The summed E-state index contributed by atoms with van der Waals surface area (Å²) in [4.78, 5) is 24.4. The first-order valence-electron chi connectivity index (χ1n) is 8.03. The summed E-state index contributed by atoms with van der Waals surface area (Å²) in [7, 11) is -3.90. The van der Waals surface area contributed by atoms with Crippen LogP contribution in [0.5, 0.6) is 0 Å². The molecule has 1 aromatic rings. The minimum Gasteiger partial charge on any atom is -0.465 e. The zero-order chi connectivity index (χ0) is 18.4. The van der Waals surface area contributed by atoms with Crippen molar-refractivity contribution in [1.29, 1.82) is 0 Å². The Balaban J connectivity index is 1.98. The zero-order valence-corrected chi connectivity index (χ0v) is 14.6. The summed E-state index contributed by atoms with van der Waals surface area (Å²) >= 11 is 0. The Morgan fingerprint density at radius 3 is 2.40 bits per heavy atom. The van der Waals surface area contributed by atoms with Crippen LogP contribution in [0, 0.1) is 5.92 Å². The van der Waals surface area contributed by atoms with Crippen LogP contribution in [-0.4, -0.2) is 48.8 Å². The Hall–Kier alpha value is -2.35. The summed E-state index contributed by atoms with van der Waals surface area (Å²) in [5.74, 6) is -1.09. The van der Waals surface area contributed by atoms with Crippen molar-refractivity contribution in [1.82, 2.24) is 9.62 Å². The van der Waals surface area contributed by atoms with E-state index in [2.05, 4.69) is 11.3 Å². The second-order valence-corrected chi connectivity index (χ2v) is 7.92. The highest BCUT2D eigenvalue weighted by Crippen LogP contribution is 2.19. The predicted octanol–water partition coefficient (Wildman–Crippen LogP) is 1.62. The van der Waals surface area contributed by atoms with Crippen molar-refractivity contribution >= 4 is 22.0 Å². The molecule has 1 saturated heterocycles. The molecule has 0 spiro atoms. The Labute approximate surface area is 147 Å². The van der Waals surface area contributed by atoms with Gasteiger partial charge in [0.1, 0.15) is 5.25 Å². The number of hydrogen-bond donors (Lipinski definition) is 2. The molecule has 1 aliphatic heterocycles. The van der Waals surface area contributed by atoms with Gasteiger partial charge in [-0.1, -0.05) is 36.4 Å². The van der Waals surface area contributed by atoms with E-state index in [1.165, 1.54) is 11.0 Å². The SMILES string of the molecule is C=CC(Cc1ccccc1)S(=O)(=O)NC(=O)C1CCN(C(=O)O)CC1. The predicted molar refractivity (Wildman–Crippen MR) is 93.5 cm³/mol. The van der Waals surface area contributed by atoms with E-state index < -0.39 is 33.2 Å². The molecular weight excluding hydrogens is 344 g/mol. The molecule has 0 saturated carbocycles. The van der Waals surface area contributed by atoms with Gasteiger partial charge in [-0.05, 0) is 24.8 Å². The van der Waals surface area contributed by atoms with Gasteiger partial charge in [0.2, 0.25) is 15.9 Å². The third-order valence-electron chi connectivity index (χ3n) is 4.32. The van der Waals surface area contributed by atoms with Gasteiger partial charge in [-0.2, -0.15) is 0 Å². The third-order valence-corrected chi connectivity index (χ3v) is 5.96. The minimum absolute atomic E-state index is 0.225. The second-order valence-electron chi connectivity index (χ2n) is 6.02. The molecule has 7 nitrogen and oxygen atoms in total. The van der Waals surface area contributed by atoms with Gasteiger partial charge in [-0.3, -0.25) is 9.52 Å². The fraction of sp³-hybridized carbons (Fsp3) is 0.412. The maximum atomic E-state index is 12.5. The normalized spacial score (nSPS) is 16.9. The topological polar surface area (TPSA) is 104 Å². The van der Waals surface area contributed by atoms with E-state index in [1.54, 1.807) is 0 Å². The molecule has 2 N–H and O–H groups in total. The van der Waals surface area contributed by atoms with E-state index in [-0.39, 0.29) is 19.5 Å². The third kappa shape index (κ3) is 5.06. The number of carbonyl (C=O) groups excluding carboxylic acids is 1. The molecular formula is C17H22N2O5S. The molecule has 1 unspecified atom stereocenters. The van der Waals surface area contributed by atoms with Gasteiger partial charge >= 0.3 is 6.09 Å². The van der Waals surface area contributed by atoms with E-state index >= 15 is 0 Å². The summed E-state index contributed by atoms with van der Waals surface area (Å²) in [6.07, 6.45) is 1.14. The van der Waals surface area contributed by atoms with E-state index in [1.807, 2.05) is 30.3 Å². The molecule has 136 valence electrons. The average molecular weight is 366 g/mol. The van der Waals surface area contributed by atoms with E-state index in [0.29, 0.717) is 12.8 Å². The quantitative estimate of drug-likeness (QED) is 0.745. The number of benzene rings is 1. The Bertz CT molecular complexity index is 725. The maximum Gasteiger partial charge on any atom is 0.407 e. The van der Waals surface area contributed by atoms with Gasteiger partial charge in [0.05, 0.1) is 0 Å². The smallest absolute Gasteiger partial charge is 0.407 e. The number of likely N-dealkylation sites (tertiary alicyclic amines) is 1. The molecule has 1 aliphatic rings. The van der Waals surface area contributed by atoms with Gasteiger partial charge in [-0.25, -0.2) is 13.2 Å². The highest BCUT2D eigenvalue weighted by atomic mass is 32.2. The molecule has 1 heterocycles. The summed E-state index contributed by atoms with van der Waals surface area (Å²) < 4.78 is 27.1. The summed E-state index contributed by atoms with van der Waals surface area (Å²) in [6.45, 7) is 4.02. The molecule has 8 heteroatoms. The first-order chi connectivity index (χ1) is 11.8. The van der Waals surface area contributed by atoms with Crippen molar-refractivity contribution in [3.05, 3.63) is 48.6 Å². The minimum atomic E-state index is -3.90. The number of carboxylic acid groups (broad SMARTS) is 1. The maximum absolute atomic E-state index is 12.5. The molecule has 0 aromatic heterocycles. The molecule has 0 aliphatic carbocycles. The monoisotopic (exact) mass is 366 g/mol. The number of nitrogens with zero attached hydrogens (tertiary/aromatic N) is 1. The number of amides is 2. The number of piperidine rings is 1. The van der Waals surface area contributed by atoms with Crippen molar-refractivity contribution in [3.8, 4) is 0 Å². The van der Waals surface area contributed by atoms with Crippen molar-refractivity contribution < 1.29 is 23.1 Å². The lowest BCUT2D eigenvalue weighted by Crippen LogP contribution is -2.46. The fourth-order valence-corrected chi connectivity index (χ4v) is 4.06. The molecule has 2 rings (SSSR count). The fourth-order valence-electron chi connectivity index (χ4n) is 2.80. The van der Waals surface area contributed by atoms with Gasteiger partial charge in [0, 0.05) is 19.0 Å². The van der Waals surface area contributed by atoms with E-state index in [9.17, 15) is 18.0 Å². The average Bonchev–Trinajstić information content (AvgIpc) is 2.60. The second kappa shape index (κ2) is 8.15. The van der Waals surface area contributed by atoms with Crippen molar-refractivity contribution in [3.63, 3.8) is 0 Å². The van der Waals surface area contributed by atoms with Crippen LogP contribution in [0.3, 0.4) is 0 Å². The van der Waals surface area contributed by atoms with E-state index in [4.69, 9.17) is 5.11 Å².